The van der Waals surface area contributed by atoms with Crippen LogP contribution in [0.4, 0.5) is 35.3 Å². The highest BCUT2D eigenvalue weighted by Crippen LogP contribution is 2.38. The Morgan fingerprint density at radius 2 is 0.744 bits per heavy atom. The van der Waals surface area contributed by atoms with Crippen LogP contribution >= 0.6 is 70.1 Å². The van der Waals surface area contributed by atoms with Gasteiger partial charge in [0, 0.05) is 89.8 Å². The molecule has 0 spiro atoms. The molecule has 18 nitrogen and oxygen atoms in total. The van der Waals surface area contributed by atoms with Gasteiger partial charge in [-0.3, -0.25) is 0 Å². The van der Waals surface area contributed by atoms with Crippen LogP contribution in [0.25, 0.3) is 0 Å². The molecule has 6 aromatic rings. The molecule has 3 aliphatic heterocycles. The molecule has 0 amide bonds. The fourth-order valence-electron chi connectivity index (χ4n) is 9.08. The number of aryl methyl sites for hydroxylation is 3. The van der Waals surface area contributed by atoms with E-state index in [1.165, 1.54) is 0 Å². The van der Waals surface area contributed by atoms with Crippen LogP contribution in [-0.2, 0) is 14.2 Å². The third kappa shape index (κ3) is 17.2. The van der Waals surface area contributed by atoms with Crippen molar-refractivity contribution < 1.29 is 28.4 Å². The van der Waals surface area contributed by atoms with E-state index < -0.39 is 0 Å². The predicted molar refractivity (Wildman–Crippen MR) is 321 cm³/mol. The third-order valence-corrected chi connectivity index (χ3v) is 14.5. The number of ether oxygens (including phenoxy) is 6. The van der Waals surface area contributed by atoms with E-state index in [9.17, 15) is 0 Å². The summed E-state index contributed by atoms with van der Waals surface area (Å²) in [4.78, 5) is 32.4. The van der Waals surface area contributed by atoms with Crippen molar-refractivity contribution in [3.63, 3.8) is 0 Å². The lowest BCUT2D eigenvalue weighted by Gasteiger charge is -2.31. The van der Waals surface area contributed by atoms with Crippen molar-refractivity contribution in [2.45, 2.75) is 58.2 Å². The number of anilines is 6. The van der Waals surface area contributed by atoms with Crippen molar-refractivity contribution in [3.05, 3.63) is 122 Å². The molecule has 78 heavy (non-hydrogen) atoms. The summed E-state index contributed by atoms with van der Waals surface area (Å²) >= 11 is 24.6. The Morgan fingerprint density at radius 1 is 0.462 bits per heavy atom. The van der Waals surface area contributed by atoms with Gasteiger partial charge in [0.2, 0.25) is 17.8 Å². The Morgan fingerprint density at radius 3 is 0.987 bits per heavy atom. The van der Waals surface area contributed by atoms with Gasteiger partial charge in [0.1, 0.15) is 52.5 Å². The first kappa shape index (κ1) is 60.5. The van der Waals surface area contributed by atoms with E-state index in [-0.39, 0.29) is 36.0 Å². The number of hydrogen-bond acceptors (Lipinski definition) is 21. The molecule has 3 aliphatic rings. The summed E-state index contributed by atoms with van der Waals surface area (Å²) in [5.74, 6) is 7.26. The molecule has 1 unspecified atom stereocenters. The van der Waals surface area contributed by atoms with Crippen LogP contribution < -0.4 is 46.1 Å². The van der Waals surface area contributed by atoms with Crippen molar-refractivity contribution in [2.24, 2.45) is 0 Å². The van der Waals surface area contributed by atoms with Gasteiger partial charge in [-0.2, -0.15) is 15.0 Å². The van der Waals surface area contributed by atoms with Crippen molar-refractivity contribution in [1.29, 1.82) is 0 Å². The molecule has 3 atom stereocenters. The average Bonchev–Trinajstić information content (AvgIpc) is 3.96. The first-order valence-electron chi connectivity index (χ1n) is 25.3. The Bertz CT molecular complexity index is 2530. The number of aromatic nitrogens is 6. The van der Waals surface area contributed by atoms with Gasteiger partial charge < -0.3 is 60.3 Å². The zero-order valence-electron chi connectivity index (χ0n) is 44.8. The molecule has 6 heterocycles. The molecular formula is C54H69Cl3N12O6S3. The van der Waals surface area contributed by atoms with E-state index in [0.29, 0.717) is 72.5 Å². The summed E-state index contributed by atoms with van der Waals surface area (Å²) in [5.41, 5.74) is 23.0. The van der Waals surface area contributed by atoms with Crippen molar-refractivity contribution in [3.8, 4) is 17.2 Å². The first-order chi connectivity index (χ1) is 37.7. The van der Waals surface area contributed by atoms with E-state index >= 15 is 0 Å². The van der Waals surface area contributed by atoms with Crippen LogP contribution in [0.15, 0.2) is 72.8 Å². The maximum atomic E-state index is 6.58. The normalized spacial score (nSPS) is 17.8. The number of nitrogens with zero attached hydrogens (tertiary/aromatic N) is 9. The smallest absolute Gasteiger partial charge is 0.222 e. The lowest BCUT2D eigenvalue weighted by molar-refractivity contribution is 0.134. The largest absolute Gasteiger partial charge is 0.483 e. The number of nitrogen functional groups attached to an aromatic ring is 3. The summed E-state index contributed by atoms with van der Waals surface area (Å²) in [6.07, 6.45) is 8.70. The standard InChI is InChI=1S/3C18H23ClN4O2S/c3*1-12-8-17(22-18(20)21-12)23-6-3-7-24-10-16(23)14-5-4-13(9-15(14)19)25-11-26-2/h3*4-5,8-9,16H,3,6-7,10-11H2,1-2H3,(H2,20,21,22)/t2*16-;/m10./s1. The second kappa shape index (κ2) is 30.5. The summed E-state index contributed by atoms with van der Waals surface area (Å²) in [5, 5.41) is 1.97. The summed E-state index contributed by atoms with van der Waals surface area (Å²) in [6.45, 7) is 11.9. The number of thioether (sulfide) groups is 3. The Kier molecular flexibility index (Phi) is 23.7. The number of nitrogens with two attached hydrogens (primary N) is 3. The minimum Gasteiger partial charge on any atom is -0.483 e. The lowest BCUT2D eigenvalue weighted by atomic mass is 10.1. The topological polar surface area (TPSA) is 220 Å². The van der Waals surface area contributed by atoms with Crippen molar-refractivity contribution in [1.82, 2.24) is 29.9 Å². The van der Waals surface area contributed by atoms with Gasteiger partial charge in [-0.15, -0.1) is 35.3 Å². The maximum Gasteiger partial charge on any atom is 0.222 e. The molecule has 9 rings (SSSR count). The van der Waals surface area contributed by atoms with Crippen LogP contribution in [0.1, 0.15) is 71.2 Å². The number of halogens is 3. The molecule has 0 saturated carbocycles. The minimum absolute atomic E-state index is 0.0479. The van der Waals surface area contributed by atoms with Gasteiger partial charge in [0.25, 0.3) is 0 Å². The van der Waals surface area contributed by atoms with Crippen LogP contribution in [-0.4, -0.2) is 126 Å². The molecule has 0 radical (unpaired) electrons. The number of benzene rings is 3. The van der Waals surface area contributed by atoms with E-state index in [0.717, 1.165) is 107 Å². The zero-order valence-corrected chi connectivity index (χ0v) is 49.5. The second-order valence-corrected chi connectivity index (χ2v) is 22.0. The molecule has 3 aromatic carbocycles. The number of rotatable bonds is 15. The Labute approximate surface area is 485 Å². The molecule has 3 fully saturated rings. The molecule has 6 N–H and O–H groups in total. The van der Waals surface area contributed by atoms with Crippen molar-refractivity contribution in [2.75, 3.05) is 128 Å². The van der Waals surface area contributed by atoms with Gasteiger partial charge in [-0.1, -0.05) is 53.0 Å². The monoisotopic (exact) mass is 1180 g/mol. The summed E-state index contributed by atoms with van der Waals surface area (Å²) in [6, 6.07) is 23.1. The van der Waals surface area contributed by atoms with Crippen LogP contribution in [0.3, 0.4) is 0 Å². The van der Waals surface area contributed by atoms with Crippen LogP contribution in [0, 0.1) is 20.8 Å². The second-order valence-electron chi connectivity index (χ2n) is 18.3. The molecule has 3 aromatic heterocycles. The third-order valence-electron chi connectivity index (χ3n) is 12.5. The Hall–Kier alpha value is -5.10. The van der Waals surface area contributed by atoms with E-state index in [4.69, 9.17) is 80.4 Å². The minimum atomic E-state index is -0.0479. The van der Waals surface area contributed by atoms with E-state index in [1.807, 2.05) is 112 Å². The van der Waals surface area contributed by atoms with Crippen LogP contribution in [0.2, 0.25) is 15.1 Å². The molecule has 420 valence electrons. The zero-order chi connectivity index (χ0) is 55.6. The quantitative estimate of drug-likeness (QED) is 0.0814. The molecular weight excluding hydrogens is 1120 g/mol. The fourth-order valence-corrected chi connectivity index (χ4v) is 10.7. The highest BCUT2D eigenvalue weighted by Gasteiger charge is 2.30. The lowest BCUT2D eigenvalue weighted by Crippen LogP contribution is -2.32. The van der Waals surface area contributed by atoms with Gasteiger partial charge in [0.15, 0.2) is 0 Å². The summed E-state index contributed by atoms with van der Waals surface area (Å²) < 4.78 is 34.4. The number of hydrogen-bond donors (Lipinski definition) is 3. The molecule has 0 aliphatic carbocycles. The summed E-state index contributed by atoms with van der Waals surface area (Å²) in [7, 11) is 0. The van der Waals surface area contributed by atoms with Gasteiger partial charge in [-0.25, -0.2) is 15.0 Å². The molecule has 24 heteroatoms. The highest BCUT2D eigenvalue weighted by molar-refractivity contribution is 7.98. The first-order valence-corrected chi connectivity index (χ1v) is 30.7. The van der Waals surface area contributed by atoms with E-state index in [1.54, 1.807) is 35.3 Å². The maximum absolute atomic E-state index is 6.58. The van der Waals surface area contributed by atoms with Gasteiger partial charge >= 0.3 is 0 Å². The van der Waals surface area contributed by atoms with Gasteiger partial charge in [-0.05, 0) is 112 Å². The fraction of sp³-hybridized carbons (Fsp3) is 0.444. The van der Waals surface area contributed by atoms with Crippen molar-refractivity contribution >= 4 is 105 Å². The molecule has 0 bridgehead atoms. The highest BCUT2D eigenvalue weighted by atomic mass is 35.5. The average molecular weight is 1180 g/mol. The Balaban J connectivity index is 0.000000170. The predicted octanol–water partition coefficient (Wildman–Crippen LogP) is 11.1. The van der Waals surface area contributed by atoms with E-state index in [2.05, 4.69) is 44.6 Å². The van der Waals surface area contributed by atoms with Crippen LogP contribution in [0.5, 0.6) is 17.2 Å². The van der Waals surface area contributed by atoms with Gasteiger partial charge in [0.05, 0.1) is 37.9 Å². The SMILES string of the molecule is CSCOc1ccc(C2COCCCN2c2cc(C)nc(N)n2)c(Cl)c1.CSCOc1ccc([C@@H]2COCCCN2c2cc(C)nc(N)n2)c(Cl)c1.CSCOc1ccc([C@H]2COCCCN2c2cc(C)nc(N)n2)c(Cl)c1. The molecule has 3 saturated heterocycles.